The van der Waals surface area contributed by atoms with Crippen LogP contribution in [0.5, 0.6) is 0 Å². The third-order valence-corrected chi connectivity index (χ3v) is 9.49. The monoisotopic (exact) mass is 642 g/mol. The van der Waals surface area contributed by atoms with Crippen molar-refractivity contribution in [2.45, 2.75) is 0 Å². The van der Waals surface area contributed by atoms with E-state index in [0.717, 1.165) is 64.3 Å². The molecule has 6 heteroatoms. The molecule has 0 aliphatic carbocycles. The zero-order chi connectivity index (χ0) is 26.8. The summed E-state index contributed by atoms with van der Waals surface area (Å²) in [6.07, 6.45) is 0. The summed E-state index contributed by atoms with van der Waals surface area (Å²) in [6.45, 7) is 0. The SMILES string of the molecule is Brc1[nH]c2ccc(-c3ccc4c(c3)c3ccccc3n4-c3nc(-c4ccccc4)c4ccccc4n3)cc2c1Br. The van der Waals surface area contributed by atoms with E-state index in [1.807, 2.05) is 18.2 Å². The number of nitrogens with zero attached hydrogens (tertiary/aromatic N) is 3. The van der Waals surface area contributed by atoms with Gasteiger partial charge in [0.25, 0.3) is 0 Å². The Morgan fingerprint density at radius 2 is 1.23 bits per heavy atom. The molecule has 0 aliphatic heterocycles. The van der Waals surface area contributed by atoms with Crippen molar-refractivity contribution in [3.63, 3.8) is 0 Å². The number of rotatable bonds is 3. The number of halogens is 2. The quantitative estimate of drug-likeness (QED) is 0.208. The van der Waals surface area contributed by atoms with E-state index in [0.29, 0.717) is 5.95 Å². The first-order chi connectivity index (χ1) is 19.7. The predicted molar refractivity (Wildman–Crippen MR) is 172 cm³/mol. The molecule has 1 N–H and O–H groups in total. The van der Waals surface area contributed by atoms with Crippen molar-refractivity contribution in [2.75, 3.05) is 0 Å². The van der Waals surface area contributed by atoms with Gasteiger partial charge in [0, 0.05) is 32.6 Å². The highest BCUT2D eigenvalue weighted by atomic mass is 79.9. The van der Waals surface area contributed by atoms with Crippen LogP contribution < -0.4 is 0 Å². The molecule has 40 heavy (non-hydrogen) atoms. The molecule has 0 unspecified atom stereocenters. The minimum atomic E-state index is 0.666. The summed E-state index contributed by atoms with van der Waals surface area (Å²) >= 11 is 7.30. The van der Waals surface area contributed by atoms with Crippen molar-refractivity contribution >= 4 is 75.5 Å². The molecule has 0 bridgehead atoms. The van der Waals surface area contributed by atoms with Crippen LogP contribution in [-0.2, 0) is 0 Å². The molecule has 0 fully saturated rings. The first-order valence-electron chi connectivity index (χ1n) is 13.0. The summed E-state index contributed by atoms with van der Waals surface area (Å²) in [7, 11) is 0. The van der Waals surface area contributed by atoms with E-state index in [1.54, 1.807) is 0 Å². The van der Waals surface area contributed by atoms with Gasteiger partial charge in [0.15, 0.2) is 0 Å². The summed E-state index contributed by atoms with van der Waals surface area (Å²) in [5.41, 5.74) is 8.48. The van der Waals surface area contributed by atoms with Crippen LogP contribution in [0.2, 0.25) is 0 Å². The fourth-order valence-electron chi connectivity index (χ4n) is 5.65. The molecule has 0 atom stereocenters. The van der Waals surface area contributed by atoms with Gasteiger partial charge in [-0.25, -0.2) is 9.97 Å². The van der Waals surface area contributed by atoms with Gasteiger partial charge in [-0.3, -0.25) is 4.57 Å². The Hall–Kier alpha value is -4.26. The number of benzene rings is 5. The fourth-order valence-corrected chi connectivity index (χ4v) is 6.51. The summed E-state index contributed by atoms with van der Waals surface area (Å²) in [4.78, 5) is 13.6. The number of fused-ring (bicyclic) bond motifs is 5. The lowest BCUT2D eigenvalue weighted by Crippen LogP contribution is -2.03. The Bertz CT molecular complexity index is 2250. The van der Waals surface area contributed by atoms with E-state index in [1.165, 1.54) is 10.8 Å². The van der Waals surface area contributed by atoms with Crippen molar-refractivity contribution in [1.29, 1.82) is 0 Å². The van der Waals surface area contributed by atoms with Crippen LogP contribution in [0, 0.1) is 0 Å². The summed E-state index contributed by atoms with van der Waals surface area (Å²) in [5.74, 6) is 0.666. The maximum Gasteiger partial charge on any atom is 0.235 e. The van der Waals surface area contributed by atoms with Gasteiger partial charge in [-0.1, -0.05) is 78.9 Å². The highest BCUT2D eigenvalue weighted by Crippen LogP contribution is 2.38. The van der Waals surface area contributed by atoms with Crippen LogP contribution in [0.3, 0.4) is 0 Å². The summed E-state index contributed by atoms with van der Waals surface area (Å²) in [5, 5.41) is 4.52. The molecule has 8 aromatic rings. The van der Waals surface area contributed by atoms with Gasteiger partial charge in [-0.15, -0.1) is 0 Å². The smallest absolute Gasteiger partial charge is 0.235 e. The third-order valence-electron chi connectivity index (χ3n) is 7.54. The first-order valence-corrected chi connectivity index (χ1v) is 14.6. The van der Waals surface area contributed by atoms with E-state index in [-0.39, 0.29) is 0 Å². The van der Waals surface area contributed by atoms with Gasteiger partial charge >= 0.3 is 0 Å². The minimum absolute atomic E-state index is 0.666. The lowest BCUT2D eigenvalue weighted by atomic mass is 10.0. The van der Waals surface area contributed by atoms with Gasteiger partial charge in [-0.2, -0.15) is 0 Å². The molecule has 3 heterocycles. The van der Waals surface area contributed by atoms with E-state index >= 15 is 0 Å². The number of hydrogen-bond donors (Lipinski definition) is 1. The zero-order valence-electron chi connectivity index (χ0n) is 21.1. The van der Waals surface area contributed by atoms with Gasteiger partial charge < -0.3 is 4.98 Å². The molecule has 4 nitrogen and oxygen atoms in total. The Morgan fingerprint density at radius 1 is 0.550 bits per heavy atom. The maximum atomic E-state index is 5.18. The van der Waals surface area contributed by atoms with Crippen LogP contribution in [0.25, 0.3) is 71.9 Å². The number of hydrogen-bond acceptors (Lipinski definition) is 2. The molecule has 0 saturated carbocycles. The number of aromatic nitrogens is 4. The van der Waals surface area contributed by atoms with Gasteiger partial charge in [0.1, 0.15) is 0 Å². The second kappa shape index (κ2) is 9.15. The molecular formula is C34H20Br2N4. The first kappa shape index (κ1) is 23.6. The molecule has 3 aromatic heterocycles. The molecular weight excluding hydrogens is 624 g/mol. The van der Waals surface area contributed by atoms with E-state index in [2.05, 4.69) is 138 Å². The van der Waals surface area contributed by atoms with E-state index in [4.69, 9.17) is 9.97 Å². The lowest BCUT2D eigenvalue weighted by molar-refractivity contribution is 1.01. The molecule has 8 rings (SSSR count). The van der Waals surface area contributed by atoms with Gasteiger partial charge in [0.05, 0.1) is 31.3 Å². The second-order valence-corrected chi connectivity index (χ2v) is 11.4. The Labute approximate surface area is 246 Å². The van der Waals surface area contributed by atoms with Gasteiger partial charge in [-0.05, 0) is 79.4 Å². The van der Waals surface area contributed by atoms with Crippen molar-refractivity contribution in [2.24, 2.45) is 0 Å². The highest BCUT2D eigenvalue weighted by molar-refractivity contribution is 9.13. The largest absolute Gasteiger partial charge is 0.348 e. The standard InChI is InChI=1S/C34H20Br2N4/c35-31-26-19-21(14-16-28(26)37-33(31)36)22-15-17-30-25(18-22)23-10-5-7-13-29(23)40(30)34-38-27-12-6-4-11-24(27)32(39-34)20-8-2-1-3-9-20/h1-19,37H. The zero-order valence-corrected chi connectivity index (χ0v) is 24.2. The molecule has 190 valence electrons. The van der Waals surface area contributed by atoms with Crippen molar-refractivity contribution in [3.8, 4) is 28.3 Å². The molecule has 0 radical (unpaired) electrons. The van der Waals surface area contributed by atoms with Crippen LogP contribution in [0.1, 0.15) is 0 Å². The molecule has 0 amide bonds. The van der Waals surface area contributed by atoms with E-state index < -0.39 is 0 Å². The minimum Gasteiger partial charge on any atom is -0.348 e. The Balaban J connectivity index is 1.38. The molecule has 0 spiro atoms. The average Bonchev–Trinajstić information content (AvgIpc) is 3.49. The topological polar surface area (TPSA) is 46.5 Å². The third kappa shape index (κ3) is 3.64. The fraction of sp³-hybridized carbons (Fsp3) is 0. The van der Waals surface area contributed by atoms with Crippen LogP contribution in [-0.4, -0.2) is 19.5 Å². The predicted octanol–water partition coefficient (Wildman–Crippen LogP) is 10.1. The van der Waals surface area contributed by atoms with E-state index in [9.17, 15) is 0 Å². The van der Waals surface area contributed by atoms with Crippen LogP contribution in [0.4, 0.5) is 0 Å². The average molecular weight is 644 g/mol. The van der Waals surface area contributed by atoms with Crippen LogP contribution in [0.15, 0.2) is 124 Å². The Kier molecular flexibility index (Phi) is 5.40. The second-order valence-electron chi connectivity index (χ2n) is 9.85. The normalized spacial score (nSPS) is 11.8. The number of aromatic amines is 1. The summed E-state index contributed by atoms with van der Waals surface area (Å²) < 4.78 is 4.17. The molecule has 0 saturated heterocycles. The number of para-hydroxylation sites is 2. The summed E-state index contributed by atoms with van der Waals surface area (Å²) in [6, 6.07) is 40.3. The Morgan fingerprint density at radius 3 is 2.08 bits per heavy atom. The van der Waals surface area contributed by atoms with Crippen LogP contribution >= 0.6 is 31.9 Å². The lowest BCUT2D eigenvalue weighted by Gasteiger charge is -2.12. The van der Waals surface area contributed by atoms with Crippen molar-refractivity contribution < 1.29 is 0 Å². The maximum absolute atomic E-state index is 5.18. The molecule has 0 aliphatic rings. The van der Waals surface area contributed by atoms with Crippen molar-refractivity contribution in [1.82, 2.24) is 19.5 Å². The number of nitrogens with one attached hydrogen (secondary N) is 1. The van der Waals surface area contributed by atoms with Gasteiger partial charge in [0.2, 0.25) is 5.95 Å². The highest BCUT2D eigenvalue weighted by Gasteiger charge is 2.18. The number of H-pyrrole nitrogens is 1. The molecule has 5 aromatic carbocycles. The van der Waals surface area contributed by atoms with Crippen molar-refractivity contribution in [3.05, 3.63) is 124 Å².